The lowest BCUT2D eigenvalue weighted by Crippen LogP contribution is -2.32. The average Bonchev–Trinajstić information content (AvgIpc) is 3.28. The molecule has 0 unspecified atom stereocenters. The summed E-state index contributed by atoms with van der Waals surface area (Å²) in [6.07, 6.45) is 1.76. The molecule has 1 atom stereocenters. The Bertz CT molecular complexity index is 1410. The van der Waals surface area contributed by atoms with Crippen molar-refractivity contribution < 1.29 is 13.2 Å². The van der Waals surface area contributed by atoms with Crippen molar-refractivity contribution in [2.45, 2.75) is 44.6 Å². The van der Waals surface area contributed by atoms with E-state index >= 15 is 0 Å². The molecule has 35 heavy (non-hydrogen) atoms. The smallest absolute Gasteiger partial charge is 0.264 e. The molecule has 0 spiro atoms. The Labute approximate surface area is 211 Å². The lowest BCUT2D eigenvalue weighted by atomic mass is 10.1. The summed E-state index contributed by atoms with van der Waals surface area (Å²) in [5.41, 5.74) is 2.84. The van der Waals surface area contributed by atoms with Gasteiger partial charge in [0, 0.05) is 17.3 Å². The third-order valence-corrected chi connectivity index (χ3v) is 9.03. The number of benzene rings is 3. The zero-order valence-electron chi connectivity index (χ0n) is 20.2. The van der Waals surface area contributed by atoms with E-state index in [0.29, 0.717) is 17.1 Å². The van der Waals surface area contributed by atoms with E-state index in [-0.39, 0.29) is 16.8 Å². The largest absolute Gasteiger partial charge is 0.349 e. The zero-order valence-corrected chi connectivity index (χ0v) is 21.8. The van der Waals surface area contributed by atoms with Gasteiger partial charge in [-0.3, -0.25) is 9.10 Å². The van der Waals surface area contributed by atoms with Crippen LogP contribution in [0.4, 0.5) is 5.69 Å². The second kappa shape index (κ2) is 10.6. The first kappa shape index (κ1) is 24.9. The molecular formula is C28H30N2O3S2. The number of sulfonamides is 1. The number of anilines is 1. The molecule has 3 aromatic carbocycles. The number of hydrogen-bond donors (Lipinski definition) is 1. The van der Waals surface area contributed by atoms with Crippen LogP contribution in [0.3, 0.4) is 0 Å². The number of hydrogen-bond acceptors (Lipinski definition) is 4. The summed E-state index contributed by atoms with van der Waals surface area (Å²) in [5, 5.41) is 3.95. The summed E-state index contributed by atoms with van der Waals surface area (Å²) < 4.78 is 28.9. The fraction of sp³-hybridized carbons (Fsp3) is 0.250. The molecule has 7 heteroatoms. The van der Waals surface area contributed by atoms with E-state index in [1.54, 1.807) is 30.3 Å². The maximum absolute atomic E-state index is 13.3. The summed E-state index contributed by atoms with van der Waals surface area (Å²) in [4.78, 5) is 13.8. The van der Waals surface area contributed by atoms with Crippen LogP contribution in [-0.2, 0) is 16.4 Å². The quantitative estimate of drug-likeness (QED) is 0.295. The molecule has 0 fully saturated rings. The molecule has 0 saturated carbocycles. The zero-order chi connectivity index (χ0) is 25.0. The molecular weight excluding hydrogens is 476 g/mol. The molecule has 1 aromatic heterocycles. The van der Waals surface area contributed by atoms with Crippen LogP contribution in [0.25, 0.3) is 10.1 Å². The van der Waals surface area contributed by atoms with E-state index in [1.807, 2.05) is 57.2 Å². The second-order valence-electron chi connectivity index (χ2n) is 8.71. The van der Waals surface area contributed by atoms with Crippen LogP contribution in [0.1, 0.15) is 41.1 Å². The molecule has 1 N–H and O–H groups in total. The highest BCUT2D eigenvalue weighted by molar-refractivity contribution is 7.92. The Morgan fingerprint density at radius 3 is 2.40 bits per heavy atom. The monoisotopic (exact) mass is 506 g/mol. The molecule has 4 aromatic rings. The van der Waals surface area contributed by atoms with Gasteiger partial charge in [0.25, 0.3) is 15.9 Å². The third kappa shape index (κ3) is 5.74. The standard InChI is InChI=1S/C28H30N2O3S2/c1-4-30(35(32,33)25-15-10-20(2)11-16-25)24-14-17-26-23(18-24)19-27(34-26)28(31)29-21(3)12-13-22-8-6-5-7-9-22/h5-11,14-19,21H,4,12-13H2,1-3H3,(H,29,31)/t21-/m0/s1. The third-order valence-electron chi connectivity index (χ3n) is 5.99. The summed E-state index contributed by atoms with van der Waals surface area (Å²) in [7, 11) is -3.69. The highest BCUT2D eigenvalue weighted by Crippen LogP contribution is 2.32. The van der Waals surface area contributed by atoms with Gasteiger partial charge in [0.1, 0.15) is 0 Å². The van der Waals surface area contributed by atoms with Gasteiger partial charge in [0.05, 0.1) is 15.5 Å². The van der Waals surface area contributed by atoms with Gasteiger partial charge in [-0.05, 0) is 81.0 Å². The van der Waals surface area contributed by atoms with Crippen molar-refractivity contribution in [3.8, 4) is 0 Å². The minimum absolute atomic E-state index is 0.0405. The van der Waals surface area contributed by atoms with Crippen molar-refractivity contribution in [2.75, 3.05) is 10.8 Å². The van der Waals surface area contributed by atoms with Crippen molar-refractivity contribution in [1.82, 2.24) is 5.32 Å². The van der Waals surface area contributed by atoms with E-state index in [9.17, 15) is 13.2 Å². The Kier molecular flexibility index (Phi) is 7.57. The minimum Gasteiger partial charge on any atom is -0.349 e. The van der Waals surface area contributed by atoms with Crippen LogP contribution in [0.2, 0.25) is 0 Å². The van der Waals surface area contributed by atoms with Crippen molar-refractivity contribution in [1.29, 1.82) is 0 Å². The molecule has 182 valence electrons. The van der Waals surface area contributed by atoms with Gasteiger partial charge < -0.3 is 5.32 Å². The van der Waals surface area contributed by atoms with Gasteiger partial charge in [0.15, 0.2) is 0 Å². The Morgan fingerprint density at radius 2 is 1.71 bits per heavy atom. The molecule has 1 heterocycles. The van der Waals surface area contributed by atoms with E-state index in [1.165, 1.54) is 21.2 Å². The first-order valence-electron chi connectivity index (χ1n) is 11.8. The van der Waals surface area contributed by atoms with Crippen LogP contribution in [0.5, 0.6) is 0 Å². The minimum atomic E-state index is -3.69. The van der Waals surface area contributed by atoms with Crippen LogP contribution >= 0.6 is 11.3 Å². The highest BCUT2D eigenvalue weighted by Gasteiger charge is 2.24. The molecule has 0 saturated heterocycles. The van der Waals surface area contributed by atoms with E-state index in [4.69, 9.17) is 0 Å². The van der Waals surface area contributed by atoms with E-state index in [0.717, 1.165) is 28.5 Å². The number of amides is 1. The van der Waals surface area contributed by atoms with Gasteiger partial charge in [-0.15, -0.1) is 11.3 Å². The fourth-order valence-corrected chi connectivity index (χ4v) is 6.43. The Morgan fingerprint density at radius 1 is 1.00 bits per heavy atom. The summed E-state index contributed by atoms with van der Waals surface area (Å²) in [6.45, 7) is 6.06. The van der Waals surface area contributed by atoms with Crippen LogP contribution in [-0.4, -0.2) is 26.9 Å². The van der Waals surface area contributed by atoms with Crippen LogP contribution in [0, 0.1) is 6.92 Å². The molecule has 0 aliphatic carbocycles. The second-order valence-corrected chi connectivity index (χ2v) is 11.7. The number of nitrogens with one attached hydrogen (secondary N) is 1. The maximum atomic E-state index is 13.3. The van der Waals surface area contributed by atoms with Gasteiger partial charge in [-0.25, -0.2) is 8.42 Å². The van der Waals surface area contributed by atoms with Gasteiger partial charge >= 0.3 is 0 Å². The number of rotatable bonds is 9. The maximum Gasteiger partial charge on any atom is 0.264 e. The molecule has 1 amide bonds. The van der Waals surface area contributed by atoms with Crippen LogP contribution < -0.4 is 9.62 Å². The van der Waals surface area contributed by atoms with E-state index < -0.39 is 10.0 Å². The van der Waals surface area contributed by atoms with Crippen LogP contribution in [0.15, 0.2) is 83.8 Å². The molecule has 0 bridgehead atoms. The van der Waals surface area contributed by atoms with Gasteiger partial charge in [-0.2, -0.15) is 0 Å². The Hall–Kier alpha value is -3.16. The topological polar surface area (TPSA) is 66.5 Å². The van der Waals surface area contributed by atoms with Crippen molar-refractivity contribution in [3.05, 3.63) is 94.9 Å². The van der Waals surface area contributed by atoms with E-state index in [2.05, 4.69) is 17.4 Å². The first-order chi connectivity index (χ1) is 16.8. The normalized spacial score (nSPS) is 12.4. The number of nitrogens with zero attached hydrogens (tertiary/aromatic N) is 1. The number of carbonyl (C=O) groups is 1. The predicted molar refractivity (Wildman–Crippen MR) is 145 cm³/mol. The van der Waals surface area contributed by atoms with Crippen molar-refractivity contribution >= 4 is 43.0 Å². The van der Waals surface area contributed by atoms with Gasteiger partial charge in [-0.1, -0.05) is 48.0 Å². The lowest BCUT2D eigenvalue weighted by molar-refractivity contribution is 0.0942. The fourth-order valence-electron chi connectivity index (χ4n) is 4.02. The number of carbonyl (C=O) groups excluding carboxylic acids is 1. The highest BCUT2D eigenvalue weighted by atomic mass is 32.2. The van der Waals surface area contributed by atoms with Crippen molar-refractivity contribution in [3.63, 3.8) is 0 Å². The predicted octanol–water partition coefficient (Wildman–Crippen LogP) is 6.18. The number of thiophene rings is 1. The number of fused-ring (bicyclic) bond motifs is 1. The molecule has 5 nitrogen and oxygen atoms in total. The first-order valence-corrected chi connectivity index (χ1v) is 14.0. The number of aryl methyl sites for hydroxylation is 2. The summed E-state index contributed by atoms with van der Waals surface area (Å²) in [6, 6.07) is 24.5. The van der Waals surface area contributed by atoms with Gasteiger partial charge in [0.2, 0.25) is 0 Å². The average molecular weight is 507 g/mol. The molecule has 0 aliphatic heterocycles. The SMILES string of the molecule is CCN(c1ccc2sc(C(=O)N[C@@H](C)CCc3ccccc3)cc2c1)S(=O)(=O)c1ccc(C)cc1. The Balaban J connectivity index is 1.50. The summed E-state index contributed by atoms with van der Waals surface area (Å²) in [5.74, 6) is -0.104. The summed E-state index contributed by atoms with van der Waals surface area (Å²) >= 11 is 1.42. The lowest BCUT2D eigenvalue weighted by Gasteiger charge is -2.23. The van der Waals surface area contributed by atoms with Crippen molar-refractivity contribution in [2.24, 2.45) is 0 Å². The molecule has 0 aliphatic rings. The molecule has 0 radical (unpaired) electrons. The molecule has 4 rings (SSSR count).